The summed E-state index contributed by atoms with van der Waals surface area (Å²) in [4.78, 5) is 15.8. The first kappa shape index (κ1) is 33.6. The first-order valence-corrected chi connectivity index (χ1v) is 19.8. The maximum Gasteiger partial charge on any atom is 2.00 e. The Hall–Kier alpha value is -6.35. The van der Waals surface area contributed by atoms with Gasteiger partial charge in [-0.1, -0.05) is 148 Å². The van der Waals surface area contributed by atoms with Crippen LogP contribution in [0.4, 0.5) is 0 Å². The van der Waals surface area contributed by atoms with Crippen LogP contribution in [0, 0.1) is 12.9 Å². The number of para-hydroxylation sites is 4. The first-order chi connectivity index (χ1) is 29.5. The molecule has 0 unspecified atom stereocenters. The molecule has 5 heteroatoms. The van der Waals surface area contributed by atoms with Crippen LogP contribution in [0.5, 0.6) is 0 Å². The smallest absolute Gasteiger partial charge is 0.656 e. The van der Waals surface area contributed by atoms with Gasteiger partial charge in [0.1, 0.15) is 5.82 Å². The van der Waals surface area contributed by atoms with Crippen molar-refractivity contribution in [3.05, 3.63) is 210 Å². The van der Waals surface area contributed by atoms with E-state index in [1.807, 2.05) is 12.1 Å². The van der Waals surface area contributed by atoms with E-state index in [0.717, 1.165) is 94.4 Å². The van der Waals surface area contributed by atoms with Crippen LogP contribution in [0.15, 0.2) is 170 Å². The Morgan fingerprint density at radius 3 is 2.08 bits per heavy atom. The van der Waals surface area contributed by atoms with E-state index in [1.54, 1.807) is 18.3 Å². The molecule has 4 nitrogen and oxygen atoms in total. The molecule has 0 saturated carbocycles. The minimum Gasteiger partial charge on any atom is -0.656 e. The Morgan fingerprint density at radius 1 is 0.661 bits per heavy atom. The van der Waals surface area contributed by atoms with Gasteiger partial charge in [0.25, 0.3) is 0 Å². The number of nitrogens with zero attached hydrogens (tertiary/aromatic N) is 4. The average molecular weight is 943 g/mol. The average Bonchev–Trinajstić information content (AvgIpc) is 3.95. The molecule has 0 amide bonds. The maximum atomic E-state index is 8.44. The Labute approximate surface area is 363 Å². The summed E-state index contributed by atoms with van der Waals surface area (Å²) >= 11 is 0. The van der Waals surface area contributed by atoms with Crippen molar-refractivity contribution < 1.29 is 25.2 Å². The summed E-state index contributed by atoms with van der Waals surface area (Å²) in [5.41, 5.74) is 13.3. The molecule has 10 aromatic rings. The monoisotopic (exact) mass is 942 g/mol. The van der Waals surface area contributed by atoms with Crippen LogP contribution in [0.2, 0.25) is 0 Å². The molecule has 1 aliphatic rings. The molecular formula is C54H40N4Pt. The molecule has 0 N–H and O–H groups in total. The topological polar surface area (TPSA) is 44.8 Å². The van der Waals surface area contributed by atoms with Gasteiger partial charge < -0.3 is 4.98 Å². The SMILES string of the molecule is [2H]C([2H])([2H])c1ccnc(C2(c3[c-]c(-c4cccc5c4nc(-c4cccc6c4[n-]c4ccccc46)n5-c4ccccc4)cc(C(C)(C)C)c3)c3ccccc3-c3ccccc32)c1.[Pt+2]. The summed E-state index contributed by atoms with van der Waals surface area (Å²) in [5.74, 6) is 0.801. The summed E-state index contributed by atoms with van der Waals surface area (Å²) in [7, 11) is 0. The van der Waals surface area contributed by atoms with Gasteiger partial charge >= 0.3 is 21.1 Å². The zero-order valence-corrected chi connectivity index (χ0v) is 35.0. The third kappa shape index (κ3) is 5.61. The van der Waals surface area contributed by atoms with Crippen LogP contribution in [-0.4, -0.2) is 14.5 Å². The van der Waals surface area contributed by atoms with Crippen molar-refractivity contribution >= 4 is 32.8 Å². The molecule has 0 fully saturated rings. The zero-order valence-electron chi connectivity index (χ0n) is 35.8. The van der Waals surface area contributed by atoms with E-state index in [4.69, 9.17) is 19.1 Å². The largest absolute Gasteiger partial charge is 2.00 e. The van der Waals surface area contributed by atoms with Crippen LogP contribution in [0.25, 0.3) is 72.2 Å². The van der Waals surface area contributed by atoms with Crippen LogP contribution in [-0.2, 0) is 31.9 Å². The van der Waals surface area contributed by atoms with Crippen molar-refractivity contribution in [3.8, 4) is 39.3 Å². The van der Waals surface area contributed by atoms with Crippen molar-refractivity contribution in [2.24, 2.45) is 0 Å². The predicted octanol–water partition coefficient (Wildman–Crippen LogP) is 12.8. The van der Waals surface area contributed by atoms with Crippen molar-refractivity contribution in [2.45, 2.75) is 38.5 Å². The third-order valence-electron chi connectivity index (χ3n) is 11.9. The second kappa shape index (κ2) is 13.9. The van der Waals surface area contributed by atoms with E-state index in [2.05, 4.69) is 171 Å². The molecule has 0 aliphatic heterocycles. The fourth-order valence-corrected chi connectivity index (χ4v) is 9.24. The Balaban J connectivity index is 0.00000458. The molecule has 3 heterocycles. The van der Waals surface area contributed by atoms with E-state index < -0.39 is 12.3 Å². The fourth-order valence-electron chi connectivity index (χ4n) is 9.24. The van der Waals surface area contributed by atoms with E-state index in [9.17, 15) is 0 Å². The summed E-state index contributed by atoms with van der Waals surface area (Å²) in [5, 5.41) is 2.21. The number of rotatable bonds is 5. The van der Waals surface area contributed by atoms with E-state index in [-0.39, 0.29) is 32.0 Å². The van der Waals surface area contributed by atoms with Gasteiger partial charge in [0, 0.05) is 21.6 Å². The number of aromatic nitrogens is 4. The van der Waals surface area contributed by atoms with Crippen molar-refractivity contribution in [2.75, 3.05) is 0 Å². The summed E-state index contributed by atoms with van der Waals surface area (Å²) in [6.45, 7) is 4.37. The number of benzene rings is 7. The molecule has 0 saturated heterocycles. The van der Waals surface area contributed by atoms with Gasteiger partial charge in [0.15, 0.2) is 0 Å². The van der Waals surface area contributed by atoms with E-state index >= 15 is 0 Å². The molecule has 0 spiro atoms. The number of imidazole rings is 1. The van der Waals surface area contributed by atoms with Crippen LogP contribution in [0.3, 0.4) is 0 Å². The van der Waals surface area contributed by atoms with Crippen LogP contribution in [0.1, 0.15) is 58.4 Å². The second-order valence-corrected chi connectivity index (χ2v) is 16.3. The maximum absolute atomic E-state index is 8.44. The number of fused-ring (bicyclic) bond motifs is 7. The Bertz CT molecular complexity index is 3310. The number of hydrogen-bond donors (Lipinski definition) is 0. The third-order valence-corrected chi connectivity index (χ3v) is 11.9. The fraction of sp³-hybridized carbons (Fsp3) is 0.111. The Morgan fingerprint density at radius 2 is 1.32 bits per heavy atom. The molecule has 286 valence electrons. The van der Waals surface area contributed by atoms with Crippen molar-refractivity contribution in [3.63, 3.8) is 0 Å². The molecule has 0 radical (unpaired) electrons. The molecule has 59 heavy (non-hydrogen) atoms. The molecule has 1 aliphatic carbocycles. The van der Waals surface area contributed by atoms with Crippen molar-refractivity contribution in [1.29, 1.82) is 0 Å². The molecule has 7 aromatic carbocycles. The molecular weight excluding hydrogens is 900 g/mol. The van der Waals surface area contributed by atoms with Gasteiger partial charge in [-0.2, -0.15) is 0 Å². The summed E-state index contributed by atoms with van der Waals surface area (Å²) < 4.78 is 27.6. The predicted molar refractivity (Wildman–Crippen MR) is 238 cm³/mol. The first-order valence-electron chi connectivity index (χ1n) is 21.3. The zero-order chi connectivity index (χ0) is 41.7. The molecule has 0 atom stereocenters. The molecule has 3 aromatic heterocycles. The summed E-state index contributed by atoms with van der Waals surface area (Å²) in [6.07, 6.45) is 1.64. The van der Waals surface area contributed by atoms with Gasteiger partial charge in [-0.15, -0.1) is 45.9 Å². The van der Waals surface area contributed by atoms with Crippen LogP contribution >= 0.6 is 0 Å². The minimum absolute atomic E-state index is 0. The van der Waals surface area contributed by atoms with E-state index in [1.165, 1.54) is 0 Å². The van der Waals surface area contributed by atoms with E-state index in [0.29, 0.717) is 5.69 Å². The quantitative estimate of drug-likeness (QED) is 0.162. The van der Waals surface area contributed by atoms with Gasteiger partial charge in [-0.3, -0.25) is 9.55 Å². The second-order valence-electron chi connectivity index (χ2n) is 16.3. The number of hydrogen-bond acceptors (Lipinski definition) is 2. The Kier molecular flexibility index (Phi) is 7.91. The number of aryl methyl sites for hydroxylation is 1. The van der Waals surface area contributed by atoms with Crippen LogP contribution < -0.4 is 4.98 Å². The minimum atomic E-state index is -2.32. The molecule has 0 bridgehead atoms. The standard InChI is InChI=1S/C54H40N4.Pt/c1-34-28-29-55-49(30-34)54(45-24-11-8-18-40(45)41-19-9-12-25-46(41)54)37-32-35(31-36(33-37)53(2,3)4)39-21-15-27-48-51(39)57-52(58(48)38-16-6-5-7-17-38)44-23-14-22-43-42-20-10-13-26-47(42)56-50(43)44;/h5-31,33H,1-4H3;/q-2;+2/i1D3;. The molecule has 11 rings (SSSR count). The van der Waals surface area contributed by atoms with Crippen molar-refractivity contribution in [1.82, 2.24) is 19.5 Å². The van der Waals surface area contributed by atoms with Gasteiger partial charge in [-0.25, -0.2) is 4.98 Å². The van der Waals surface area contributed by atoms with Gasteiger partial charge in [-0.05, 0) is 81.2 Å². The normalized spacial score (nSPS) is 14.1. The number of pyridine rings is 1. The van der Waals surface area contributed by atoms with Gasteiger partial charge in [0.2, 0.25) is 0 Å². The summed E-state index contributed by atoms with van der Waals surface area (Å²) in [6, 6.07) is 60.2. The van der Waals surface area contributed by atoms with Gasteiger partial charge in [0.05, 0.1) is 22.1 Å².